The van der Waals surface area contributed by atoms with Gasteiger partial charge in [-0.2, -0.15) is 5.10 Å². The normalized spacial score (nSPS) is 12.7. The largest absolute Gasteiger partial charge is 0.388 e. The molecule has 0 amide bonds. The molecule has 2 aromatic rings. The maximum atomic E-state index is 13.3. The van der Waals surface area contributed by atoms with E-state index in [0.29, 0.717) is 10.9 Å². The molecule has 102 valence electrons. The molecule has 0 fully saturated rings. The summed E-state index contributed by atoms with van der Waals surface area (Å²) in [4.78, 5) is 0. The zero-order chi connectivity index (χ0) is 14.0. The molecule has 0 aliphatic rings. The van der Waals surface area contributed by atoms with Gasteiger partial charge in [0, 0.05) is 29.7 Å². The Balaban J connectivity index is 2.22. The number of aromatic nitrogens is 2. The van der Waals surface area contributed by atoms with Crippen molar-refractivity contribution >= 4 is 15.9 Å². The molecule has 0 saturated carbocycles. The van der Waals surface area contributed by atoms with E-state index in [0.717, 1.165) is 23.2 Å². The summed E-state index contributed by atoms with van der Waals surface area (Å²) in [6, 6.07) is 4.65. The van der Waals surface area contributed by atoms with Gasteiger partial charge in [0.2, 0.25) is 0 Å². The minimum absolute atomic E-state index is 0.307. The van der Waals surface area contributed by atoms with Crippen LogP contribution in [0.2, 0.25) is 0 Å². The van der Waals surface area contributed by atoms with Gasteiger partial charge >= 0.3 is 0 Å². The summed E-state index contributed by atoms with van der Waals surface area (Å²) in [6.07, 6.45) is 2.28. The second-order valence-electron chi connectivity index (χ2n) is 4.56. The lowest BCUT2D eigenvalue weighted by molar-refractivity contribution is 0.177. The predicted molar refractivity (Wildman–Crippen MR) is 75.3 cm³/mol. The average molecular weight is 327 g/mol. The van der Waals surface area contributed by atoms with Crippen molar-refractivity contribution in [3.63, 3.8) is 0 Å². The molecule has 5 heteroatoms. The summed E-state index contributed by atoms with van der Waals surface area (Å²) in [6.45, 7) is 2.00. The summed E-state index contributed by atoms with van der Waals surface area (Å²) in [7, 11) is 1.83. The van der Waals surface area contributed by atoms with Gasteiger partial charge in [-0.25, -0.2) is 4.39 Å². The monoisotopic (exact) mass is 326 g/mol. The van der Waals surface area contributed by atoms with Gasteiger partial charge in [0.05, 0.1) is 11.8 Å². The van der Waals surface area contributed by atoms with Crippen molar-refractivity contribution in [2.45, 2.75) is 25.9 Å². The van der Waals surface area contributed by atoms with Crippen LogP contribution in [-0.2, 0) is 19.9 Å². The first kappa shape index (κ1) is 14.2. The predicted octanol–water partition coefficient (Wildman–Crippen LogP) is 3.16. The van der Waals surface area contributed by atoms with Crippen LogP contribution in [0.5, 0.6) is 0 Å². The van der Waals surface area contributed by atoms with E-state index >= 15 is 0 Å². The Bertz CT molecular complexity index is 563. The second kappa shape index (κ2) is 5.84. The van der Waals surface area contributed by atoms with Crippen molar-refractivity contribution in [2.75, 3.05) is 0 Å². The fraction of sp³-hybridized carbons (Fsp3) is 0.357. The maximum absolute atomic E-state index is 13.3. The molecule has 0 spiro atoms. The van der Waals surface area contributed by atoms with Crippen molar-refractivity contribution in [3.05, 3.63) is 51.5 Å². The van der Waals surface area contributed by atoms with E-state index in [1.54, 1.807) is 4.68 Å². The quantitative estimate of drug-likeness (QED) is 0.937. The summed E-state index contributed by atoms with van der Waals surface area (Å²) < 4.78 is 15.7. The zero-order valence-corrected chi connectivity index (χ0v) is 12.5. The molecule has 1 aromatic heterocycles. The standard InChI is InChI=1S/C14H16BrFN2O/c1-3-13-12(8-18(2)17-13)14(19)6-9-4-10(15)7-11(16)5-9/h4-5,7-8,14,19H,3,6H2,1-2H3. The molecule has 19 heavy (non-hydrogen) atoms. The molecule has 1 unspecified atom stereocenters. The van der Waals surface area contributed by atoms with Gasteiger partial charge in [-0.1, -0.05) is 22.9 Å². The van der Waals surface area contributed by atoms with Gasteiger partial charge < -0.3 is 5.11 Å². The number of aryl methyl sites for hydroxylation is 2. The van der Waals surface area contributed by atoms with Gasteiger partial charge in [0.1, 0.15) is 5.82 Å². The lowest BCUT2D eigenvalue weighted by Crippen LogP contribution is -2.04. The molecular weight excluding hydrogens is 311 g/mol. The first-order chi connectivity index (χ1) is 8.99. The van der Waals surface area contributed by atoms with E-state index in [1.165, 1.54) is 12.1 Å². The van der Waals surface area contributed by atoms with E-state index in [9.17, 15) is 9.50 Å². The number of benzene rings is 1. The van der Waals surface area contributed by atoms with Crippen LogP contribution in [0.4, 0.5) is 4.39 Å². The number of nitrogens with zero attached hydrogens (tertiary/aromatic N) is 2. The van der Waals surface area contributed by atoms with E-state index in [4.69, 9.17) is 0 Å². The molecule has 0 aliphatic heterocycles. The van der Waals surface area contributed by atoms with Crippen molar-refractivity contribution in [2.24, 2.45) is 7.05 Å². The summed E-state index contributed by atoms with van der Waals surface area (Å²) in [5.74, 6) is -0.307. The van der Waals surface area contributed by atoms with Crippen molar-refractivity contribution in [3.8, 4) is 0 Å². The zero-order valence-electron chi connectivity index (χ0n) is 10.9. The van der Waals surface area contributed by atoms with Crippen molar-refractivity contribution in [1.82, 2.24) is 9.78 Å². The second-order valence-corrected chi connectivity index (χ2v) is 5.47. The summed E-state index contributed by atoms with van der Waals surface area (Å²) in [5.41, 5.74) is 2.45. The third kappa shape index (κ3) is 3.42. The smallest absolute Gasteiger partial charge is 0.124 e. The molecule has 1 aromatic carbocycles. The van der Waals surface area contributed by atoms with Crippen LogP contribution in [0.1, 0.15) is 29.8 Å². The number of aliphatic hydroxyl groups excluding tert-OH is 1. The van der Waals surface area contributed by atoms with Crippen LogP contribution in [0.15, 0.2) is 28.9 Å². The van der Waals surface area contributed by atoms with Crippen molar-refractivity contribution in [1.29, 1.82) is 0 Å². The van der Waals surface area contributed by atoms with E-state index in [-0.39, 0.29) is 5.82 Å². The molecule has 0 aliphatic carbocycles. The van der Waals surface area contributed by atoms with E-state index in [2.05, 4.69) is 21.0 Å². The first-order valence-corrected chi connectivity index (χ1v) is 6.94. The fourth-order valence-electron chi connectivity index (χ4n) is 2.17. The molecule has 3 nitrogen and oxygen atoms in total. The van der Waals surface area contributed by atoms with Gasteiger partial charge in [-0.3, -0.25) is 4.68 Å². The first-order valence-electron chi connectivity index (χ1n) is 6.15. The highest BCUT2D eigenvalue weighted by atomic mass is 79.9. The third-order valence-electron chi connectivity index (χ3n) is 2.98. The Hall–Kier alpha value is -1.20. The van der Waals surface area contributed by atoms with Crippen molar-refractivity contribution < 1.29 is 9.50 Å². The van der Waals surface area contributed by atoms with Crippen LogP contribution in [0.3, 0.4) is 0 Å². The Morgan fingerprint density at radius 2 is 2.16 bits per heavy atom. The van der Waals surface area contributed by atoms with Crippen LogP contribution >= 0.6 is 15.9 Å². The molecule has 1 atom stereocenters. The van der Waals surface area contributed by atoms with E-state index < -0.39 is 6.10 Å². The molecular formula is C14H16BrFN2O. The fourth-order valence-corrected chi connectivity index (χ4v) is 2.68. The minimum atomic E-state index is -0.669. The average Bonchev–Trinajstić information content (AvgIpc) is 2.69. The molecule has 2 rings (SSSR count). The topological polar surface area (TPSA) is 38.0 Å². The number of halogens is 2. The summed E-state index contributed by atoms with van der Waals surface area (Å²) in [5, 5.41) is 14.6. The Morgan fingerprint density at radius 3 is 2.79 bits per heavy atom. The molecule has 1 N–H and O–H groups in total. The number of aliphatic hydroxyl groups is 1. The van der Waals surface area contributed by atoms with E-state index in [1.807, 2.05) is 26.2 Å². The highest BCUT2D eigenvalue weighted by Gasteiger charge is 2.16. The van der Waals surface area contributed by atoms with Gasteiger partial charge in [-0.05, 0) is 30.2 Å². The third-order valence-corrected chi connectivity index (χ3v) is 3.44. The van der Waals surface area contributed by atoms with Gasteiger partial charge in [0.25, 0.3) is 0 Å². The minimum Gasteiger partial charge on any atom is -0.388 e. The maximum Gasteiger partial charge on any atom is 0.124 e. The van der Waals surface area contributed by atoms with Crippen LogP contribution in [0, 0.1) is 5.82 Å². The number of hydrogen-bond donors (Lipinski definition) is 1. The molecule has 0 saturated heterocycles. The molecule has 0 radical (unpaired) electrons. The van der Waals surface area contributed by atoms with Crippen LogP contribution < -0.4 is 0 Å². The SMILES string of the molecule is CCc1nn(C)cc1C(O)Cc1cc(F)cc(Br)c1. The van der Waals surface area contributed by atoms with Gasteiger partial charge in [0.15, 0.2) is 0 Å². The van der Waals surface area contributed by atoms with Crippen LogP contribution in [0.25, 0.3) is 0 Å². The highest BCUT2D eigenvalue weighted by molar-refractivity contribution is 9.10. The molecule has 0 bridgehead atoms. The Morgan fingerprint density at radius 1 is 1.42 bits per heavy atom. The Labute approximate surface area is 120 Å². The number of rotatable bonds is 4. The number of hydrogen-bond acceptors (Lipinski definition) is 2. The lowest BCUT2D eigenvalue weighted by Gasteiger charge is -2.11. The lowest BCUT2D eigenvalue weighted by atomic mass is 10.0. The molecule has 1 heterocycles. The van der Waals surface area contributed by atoms with Gasteiger partial charge in [-0.15, -0.1) is 0 Å². The van der Waals surface area contributed by atoms with Crippen LogP contribution in [-0.4, -0.2) is 14.9 Å². The summed E-state index contributed by atoms with van der Waals surface area (Å²) >= 11 is 3.25. The highest BCUT2D eigenvalue weighted by Crippen LogP contribution is 2.24. The Kier molecular flexibility index (Phi) is 4.37.